The SMILES string of the molecule is O=C(O)c1cccc(C(=O)OCC2CC#C/C=C\C#CCC2)c1. The number of allylic oxidation sites excluding steroid dienone is 2. The van der Waals surface area contributed by atoms with E-state index in [0.717, 1.165) is 12.8 Å². The number of carbonyl (C=O) groups excluding carboxylic acids is 1. The van der Waals surface area contributed by atoms with E-state index in [9.17, 15) is 9.59 Å². The molecule has 4 nitrogen and oxygen atoms in total. The van der Waals surface area contributed by atoms with Crippen molar-refractivity contribution in [1.29, 1.82) is 0 Å². The van der Waals surface area contributed by atoms with E-state index in [4.69, 9.17) is 9.84 Å². The third-order valence-corrected chi connectivity index (χ3v) is 3.32. The number of hydrogen-bond donors (Lipinski definition) is 1. The van der Waals surface area contributed by atoms with Crippen LogP contribution >= 0.6 is 0 Å². The van der Waals surface area contributed by atoms with Crippen LogP contribution in [0.3, 0.4) is 0 Å². The van der Waals surface area contributed by atoms with E-state index < -0.39 is 11.9 Å². The molecule has 1 aromatic carbocycles. The van der Waals surface area contributed by atoms with E-state index in [2.05, 4.69) is 23.7 Å². The first-order chi connectivity index (χ1) is 11.2. The Balaban J connectivity index is 1.95. The predicted octanol–water partition coefficient (Wildman–Crippen LogP) is 2.90. The van der Waals surface area contributed by atoms with Crippen molar-refractivity contribution in [3.63, 3.8) is 0 Å². The average molecular weight is 308 g/mol. The molecule has 0 heterocycles. The Morgan fingerprint density at radius 2 is 1.91 bits per heavy atom. The van der Waals surface area contributed by atoms with Gasteiger partial charge in [0, 0.05) is 18.8 Å². The number of esters is 1. The van der Waals surface area contributed by atoms with Crippen LogP contribution in [0.25, 0.3) is 0 Å². The van der Waals surface area contributed by atoms with Gasteiger partial charge in [0.05, 0.1) is 17.7 Å². The largest absolute Gasteiger partial charge is 0.478 e. The summed E-state index contributed by atoms with van der Waals surface area (Å²) in [7, 11) is 0. The van der Waals surface area contributed by atoms with Crippen molar-refractivity contribution in [3.8, 4) is 23.7 Å². The Bertz CT molecular complexity index is 738. The van der Waals surface area contributed by atoms with Crippen LogP contribution in [0.4, 0.5) is 0 Å². The summed E-state index contributed by atoms with van der Waals surface area (Å²) in [6.45, 7) is 0.246. The fraction of sp³-hybridized carbons (Fsp3) is 0.263. The van der Waals surface area contributed by atoms with Gasteiger partial charge < -0.3 is 9.84 Å². The Hall–Kier alpha value is -2.98. The Morgan fingerprint density at radius 1 is 1.17 bits per heavy atom. The van der Waals surface area contributed by atoms with E-state index >= 15 is 0 Å². The van der Waals surface area contributed by atoms with Gasteiger partial charge in [-0.25, -0.2) is 9.59 Å². The van der Waals surface area contributed by atoms with Crippen LogP contribution in [0.2, 0.25) is 0 Å². The van der Waals surface area contributed by atoms with Crippen LogP contribution in [0.15, 0.2) is 36.4 Å². The van der Waals surface area contributed by atoms with Crippen molar-refractivity contribution >= 4 is 11.9 Å². The highest BCUT2D eigenvalue weighted by Crippen LogP contribution is 2.14. The Morgan fingerprint density at radius 3 is 2.70 bits per heavy atom. The van der Waals surface area contributed by atoms with Gasteiger partial charge in [0.15, 0.2) is 0 Å². The molecule has 0 spiro atoms. The normalized spacial score (nSPS) is 17.7. The number of rotatable bonds is 4. The van der Waals surface area contributed by atoms with E-state index in [0.29, 0.717) is 6.42 Å². The maximum atomic E-state index is 12.0. The molecule has 0 saturated carbocycles. The standard InChI is InChI=1S/C19H16O4/c20-18(21)16-11-8-12-17(13-16)19(22)23-14-15-9-6-4-2-1-3-5-7-10-15/h1-2,8,11-13,15H,7,9-10,14H2,(H,20,21)/b2-1-. The van der Waals surface area contributed by atoms with Gasteiger partial charge in [-0.1, -0.05) is 29.7 Å². The van der Waals surface area contributed by atoms with E-state index in [-0.39, 0.29) is 23.7 Å². The van der Waals surface area contributed by atoms with Crippen molar-refractivity contribution in [2.45, 2.75) is 19.3 Å². The summed E-state index contributed by atoms with van der Waals surface area (Å²) < 4.78 is 5.30. The first-order valence-electron chi connectivity index (χ1n) is 7.29. The van der Waals surface area contributed by atoms with Crippen LogP contribution in [-0.2, 0) is 4.74 Å². The summed E-state index contributed by atoms with van der Waals surface area (Å²) in [6, 6.07) is 5.81. The van der Waals surface area contributed by atoms with E-state index in [1.165, 1.54) is 24.3 Å². The topological polar surface area (TPSA) is 63.6 Å². The highest BCUT2D eigenvalue weighted by molar-refractivity contribution is 5.94. The van der Waals surface area contributed by atoms with Gasteiger partial charge >= 0.3 is 11.9 Å². The number of benzene rings is 1. The minimum absolute atomic E-state index is 0.0612. The smallest absolute Gasteiger partial charge is 0.338 e. The second-order valence-electron chi connectivity index (χ2n) is 5.07. The van der Waals surface area contributed by atoms with Crippen LogP contribution in [0.1, 0.15) is 40.0 Å². The zero-order chi connectivity index (χ0) is 16.5. The fourth-order valence-electron chi connectivity index (χ4n) is 2.05. The minimum Gasteiger partial charge on any atom is -0.478 e. The molecule has 0 aromatic heterocycles. The molecular formula is C19H16O4. The number of hydrogen-bond acceptors (Lipinski definition) is 3. The number of carbonyl (C=O) groups is 2. The molecule has 4 heteroatoms. The number of carboxylic acid groups (broad SMARTS) is 1. The molecule has 1 N–H and O–H groups in total. The lowest BCUT2D eigenvalue weighted by Crippen LogP contribution is -2.14. The number of ether oxygens (including phenoxy) is 1. The molecule has 116 valence electrons. The van der Waals surface area contributed by atoms with Crippen molar-refractivity contribution < 1.29 is 19.4 Å². The first kappa shape index (κ1) is 16.4. The Labute approximate surface area is 135 Å². The number of aromatic carboxylic acids is 1. The maximum Gasteiger partial charge on any atom is 0.338 e. The molecule has 0 saturated heterocycles. The number of carboxylic acids is 1. The highest BCUT2D eigenvalue weighted by atomic mass is 16.5. The van der Waals surface area contributed by atoms with Crippen molar-refractivity contribution in [2.24, 2.45) is 5.92 Å². The molecule has 0 amide bonds. The molecule has 1 aliphatic rings. The maximum absolute atomic E-state index is 12.0. The van der Waals surface area contributed by atoms with Crippen LogP contribution in [-0.4, -0.2) is 23.7 Å². The molecule has 1 unspecified atom stereocenters. The molecular weight excluding hydrogens is 292 g/mol. The molecule has 0 radical (unpaired) electrons. The summed E-state index contributed by atoms with van der Waals surface area (Å²) in [6.07, 6.45) is 5.59. The first-order valence-corrected chi connectivity index (χ1v) is 7.29. The van der Waals surface area contributed by atoms with Gasteiger partial charge in [-0.2, -0.15) is 0 Å². The molecule has 0 bridgehead atoms. The summed E-state index contributed by atoms with van der Waals surface area (Å²) >= 11 is 0. The van der Waals surface area contributed by atoms with Crippen LogP contribution in [0, 0.1) is 29.6 Å². The third-order valence-electron chi connectivity index (χ3n) is 3.32. The fourth-order valence-corrected chi connectivity index (χ4v) is 2.05. The van der Waals surface area contributed by atoms with Crippen molar-refractivity contribution in [1.82, 2.24) is 0 Å². The zero-order valence-corrected chi connectivity index (χ0v) is 12.5. The molecule has 1 aromatic rings. The Kier molecular flexibility index (Phi) is 6.03. The monoisotopic (exact) mass is 308 g/mol. The lowest BCUT2D eigenvalue weighted by atomic mass is 10.0. The van der Waals surface area contributed by atoms with Crippen molar-refractivity contribution in [3.05, 3.63) is 47.5 Å². The second kappa shape index (κ2) is 8.46. The van der Waals surface area contributed by atoms with E-state index in [1.807, 2.05) is 0 Å². The molecule has 1 aliphatic carbocycles. The summed E-state index contributed by atoms with van der Waals surface area (Å²) in [5.41, 5.74) is 0.296. The summed E-state index contributed by atoms with van der Waals surface area (Å²) in [5, 5.41) is 8.95. The molecule has 1 atom stereocenters. The molecule has 0 fully saturated rings. The highest BCUT2D eigenvalue weighted by Gasteiger charge is 2.14. The zero-order valence-electron chi connectivity index (χ0n) is 12.5. The average Bonchev–Trinajstić information content (AvgIpc) is 2.58. The lowest BCUT2D eigenvalue weighted by Gasteiger charge is -2.13. The molecule has 0 aliphatic heterocycles. The predicted molar refractivity (Wildman–Crippen MR) is 85.7 cm³/mol. The van der Waals surface area contributed by atoms with Gasteiger partial charge in [0.2, 0.25) is 0 Å². The van der Waals surface area contributed by atoms with Crippen LogP contribution in [0.5, 0.6) is 0 Å². The second-order valence-corrected chi connectivity index (χ2v) is 5.07. The lowest BCUT2D eigenvalue weighted by molar-refractivity contribution is 0.0436. The van der Waals surface area contributed by atoms with Gasteiger partial charge in [-0.05, 0) is 36.8 Å². The van der Waals surface area contributed by atoms with Gasteiger partial charge in [0.25, 0.3) is 0 Å². The third kappa shape index (κ3) is 5.37. The minimum atomic E-state index is -1.08. The van der Waals surface area contributed by atoms with E-state index in [1.54, 1.807) is 12.2 Å². The summed E-state index contributed by atoms with van der Waals surface area (Å²) in [4.78, 5) is 23.0. The molecule has 2 rings (SSSR count). The van der Waals surface area contributed by atoms with Gasteiger partial charge in [0.1, 0.15) is 0 Å². The van der Waals surface area contributed by atoms with Crippen molar-refractivity contribution in [2.75, 3.05) is 6.61 Å². The quantitative estimate of drug-likeness (QED) is 0.686. The van der Waals surface area contributed by atoms with Crippen LogP contribution < -0.4 is 0 Å². The van der Waals surface area contributed by atoms with Gasteiger partial charge in [-0.15, -0.1) is 0 Å². The summed E-state index contributed by atoms with van der Waals surface area (Å²) in [5.74, 6) is 10.3. The van der Waals surface area contributed by atoms with Gasteiger partial charge in [-0.3, -0.25) is 0 Å². The molecule has 23 heavy (non-hydrogen) atoms.